The Morgan fingerprint density at radius 1 is 1.22 bits per heavy atom. The molecule has 1 rings (SSSR count). The number of ether oxygens (including phenoxy) is 1. The van der Waals surface area contributed by atoms with Crippen molar-refractivity contribution in [2.45, 2.75) is 32.9 Å². The van der Waals surface area contributed by atoms with Crippen LogP contribution in [0.2, 0.25) is 0 Å². The lowest BCUT2D eigenvalue weighted by atomic mass is 10.1. The summed E-state index contributed by atoms with van der Waals surface area (Å²) in [6.07, 6.45) is 0.296. The number of rotatable bonds is 7. The highest BCUT2D eigenvalue weighted by Crippen LogP contribution is 2.24. The Labute approximate surface area is 111 Å². The summed E-state index contributed by atoms with van der Waals surface area (Å²) in [7, 11) is 4.11. The van der Waals surface area contributed by atoms with E-state index < -0.39 is 0 Å². The molecule has 3 heteroatoms. The summed E-state index contributed by atoms with van der Waals surface area (Å²) >= 11 is 0. The van der Waals surface area contributed by atoms with E-state index in [1.165, 1.54) is 11.3 Å². The van der Waals surface area contributed by atoms with E-state index in [9.17, 15) is 0 Å². The van der Waals surface area contributed by atoms with Gasteiger partial charge in [-0.25, -0.2) is 0 Å². The maximum Gasteiger partial charge on any atom is 0.0644 e. The van der Waals surface area contributed by atoms with Gasteiger partial charge in [0.15, 0.2) is 0 Å². The van der Waals surface area contributed by atoms with Crippen LogP contribution in [0.3, 0.4) is 0 Å². The predicted molar refractivity (Wildman–Crippen MR) is 78.3 cm³/mol. The maximum atomic E-state index is 5.60. The second kappa shape index (κ2) is 7.39. The number of para-hydroxylation sites is 1. The molecular formula is C15H26N2O. The number of nitrogens with one attached hydrogen (secondary N) is 1. The van der Waals surface area contributed by atoms with Gasteiger partial charge >= 0.3 is 0 Å². The monoisotopic (exact) mass is 250 g/mol. The van der Waals surface area contributed by atoms with Gasteiger partial charge in [-0.05, 0) is 39.4 Å². The van der Waals surface area contributed by atoms with E-state index in [-0.39, 0.29) is 0 Å². The van der Waals surface area contributed by atoms with Crippen LogP contribution in [-0.2, 0) is 4.74 Å². The quantitative estimate of drug-likeness (QED) is 0.805. The van der Waals surface area contributed by atoms with Gasteiger partial charge in [0.05, 0.1) is 12.7 Å². The van der Waals surface area contributed by atoms with Crippen molar-refractivity contribution in [2.75, 3.05) is 32.1 Å². The first kappa shape index (κ1) is 15.0. The van der Waals surface area contributed by atoms with E-state index in [1.54, 1.807) is 0 Å². The van der Waals surface area contributed by atoms with Gasteiger partial charge < -0.3 is 15.0 Å². The molecular weight excluding hydrogens is 224 g/mol. The molecule has 0 heterocycles. The van der Waals surface area contributed by atoms with Gasteiger partial charge in [0.1, 0.15) is 0 Å². The number of anilines is 1. The lowest BCUT2D eigenvalue weighted by Gasteiger charge is -2.25. The molecule has 0 aromatic heterocycles. The molecule has 0 bridgehead atoms. The smallest absolute Gasteiger partial charge is 0.0644 e. The third-order valence-corrected chi connectivity index (χ3v) is 3.13. The summed E-state index contributed by atoms with van der Waals surface area (Å²) < 4.78 is 5.60. The molecule has 3 nitrogen and oxygen atoms in total. The largest absolute Gasteiger partial charge is 0.377 e. The SMILES string of the molecule is CNC(C)c1ccccc1N(C)CCOC(C)C. The second-order valence-corrected chi connectivity index (χ2v) is 4.91. The third-order valence-electron chi connectivity index (χ3n) is 3.13. The van der Waals surface area contributed by atoms with Gasteiger partial charge in [-0.1, -0.05) is 18.2 Å². The van der Waals surface area contributed by atoms with Gasteiger partial charge in [-0.15, -0.1) is 0 Å². The molecule has 1 aromatic rings. The number of likely N-dealkylation sites (N-methyl/N-ethyl adjacent to an activating group) is 1. The number of hydrogen-bond acceptors (Lipinski definition) is 3. The fraction of sp³-hybridized carbons (Fsp3) is 0.600. The Balaban J connectivity index is 2.69. The van der Waals surface area contributed by atoms with E-state index in [4.69, 9.17) is 4.74 Å². The van der Waals surface area contributed by atoms with Crippen molar-refractivity contribution in [3.63, 3.8) is 0 Å². The minimum atomic E-state index is 0.296. The molecule has 102 valence electrons. The highest BCUT2D eigenvalue weighted by molar-refractivity contribution is 5.54. The number of benzene rings is 1. The van der Waals surface area contributed by atoms with Crippen LogP contribution in [0, 0.1) is 0 Å². The van der Waals surface area contributed by atoms with Gasteiger partial charge in [0.25, 0.3) is 0 Å². The Kier molecular flexibility index (Phi) is 6.16. The van der Waals surface area contributed by atoms with Crippen molar-refractivity contribution in [1.82, 2.24) is 5.32 Å². The second-order valence-electron chi connectivity index (χ2n) is 4.91. The zero-order valence-corrected chi connectivity index (χ0v) is 12.2. The van der Waals surface area contributed by atoms with Crippen LogP contribution in [0.5, 0.6) is 0 Å². The lowest BCUT2D eigenvalue weighted by molar-refractivity contribution is 0.0846. The first-order chi connectivity index (χ1) is 8.56. The standard InChI is InChI=1S/C15H26N2O/c1-12(2)18-11-10-17(5)15-9-7-6-8-14(15)13(3)16-4/h6-9,12-13,16H,10-11H2,1-5H3. The minimum absolute atomic E-state index is 0.296. The first-order valence-corrected chi connectivity index (χ1v) is 6.65. The van der Waals surface area contributed by atoms with Crippen LogP contribution in [0.15, 0.2) is 24.3 Å². The summed E-state index contributed by atoms with van der Waals surface area (Å²) in [5.41, 5.74) is 2.60. The normalized spacial score (nSPS) is 12.8. The van der Waals surface area contributed by atoms with E-state index >= 15 is 0 Å². The van der Waals surface area contributed by atoms with Crippen LogP contribution in [-0.4, -0.2) is 33.4 Å². The van der Waals surface area contributed by atoms with Gasteiger partial charge in [0.2, 0.25) is 0 Å². The van der Waals surface area contributed by atoms with Gasteiger partial charge in [-0.2, -0.15) is 0 Å². The number of hydrogen-bond donors (Lipinski definition) is 1. The highest BCUT2D eigenvalue weighted by Gasteiger charge is 2.11. The third kappa shape index (κ3) is 4.31. The molecule has 1 aromatic carbocycles. The zero-order valence-electron chi connectivity index (χ0n) is 12.2. The maximum absolute atomic E-state index is 5.60. The fourth-order valence-corrected chi connectivity index (χ4v) is 1.90. The zero-order chi connectivity index (χ0) is 13.5. The van der Waals surface area contributed by atoms with Gasteiger partial charge in [0, 0.05) is 25.3 Å². The van der Waals surface area contributed by atoms with Crippen molar-refractivity contribution in [3.8, 4) is 0 Å². The van der Waals surface area contributed by atoms with Crippen LogP contribution in [0.4, 0.5) is 5.69 Å². The molecule has 0 saturated heterocycles. The lowest BCUT2D eigenvalue weighted by Crippen LogP contribution is -2.26. The molecule has 1 atom stereocenters. The summed E-state index contributed by atoms with van der Waals surface area (Å²) in [4.78, 5) is 2.26. The molecule has 18 heavy (non-hydrogen) atoms. The van der Waals surface area contributed by atoms with Crippen LogP contribution in [0.25, 0.3) is 0 Å². The Morgan fingerprint density at radius 3 is 2.50 bits per heavy atom. The average Bonchev–Trinajstić information content (AvgIpc) is 2.37. The molecule has 0 aliphatic rings. The van der Waals surface area contributed by atoms with Crippen molar-refractivity contribution >= 4 is 5.69 Å². The molecule has 0 fully saturated rings. The predicted octanol–water partition coefficient (Wildman–Crippen LogP) is 2.83. The first-order valence-electron chi connectivity index (χ1n) is 6.65. The van der Waals surface area contributed by atoms with Crippen molar-refractivity contribution in [1.29, 1.82) is 0 Å². The topological polar surface area (TPSA) is 24.5 Å². The Bertz CT molecular complexity index is 352. The highest BCUT2D eigenvalue weighted by atomic mass is 16.5. The summed E-state index contributed by atoms with van der Waals surface area (Å²) in [5.74, 6) is 0. The molecule has 0 aliphatic heterocycles. The van der Waals surface area contributed by atoms with E-state index in [0.29, 0.717) is 12.1 Å². The molecule has 0 spiro atoms. The number of nitrogens with zero attached hydrogens (tertiary/aromatic N) is 1. The molecule has 0 aliphatic carbocycles. The molecule has 1 unspecified atom stereocenters. The van der Waals surface area contributed by atoms with Crippen molar-refractivity contribution in [2.24, 2.45) is 0 Å². The van der Waals surface area contributed by atoms with Crippen LogP contribution in [0.1, 0.15) is 32.4 Å². The summed E-state index contributed by atoms with van der Waals surface area (Å²) in [6, 6.07) is 8.87. The fourth-order valence-electron chi connectivity index (χ4n) is 1.90. The van der Waals surface area contributed by atoms with Gasteiger partial charge in [-0.3, -0.25) is 0 Å². The average molecular weight is 250 g/mol. The molecule has 0 radical (unpaired) electrons. The summed E-state index contributed by atoms with van der Waals surface area (Å²) in [6.45, 7) is 7.98. The Morgan fingerprint density at radius 2 is 1.89 bits per heavy atom. The molecule has 0 amide bonds. The Hall–Kier alpha value is -1.06. The summed E-state index contributed by atoms with van der Waals surface area (Å²) in [5, 5.41) is 3.29. The van der Waals surface area contributed by atoms with Crippen LogP contribution >= 0.6 is 0 Å². The van der Waals surface area contributed by atoms with E-state index in [0.717, 1.165) is 13.2 Å². The molecule has 1 N–H and O–H groups in total. The van der Waals surface area contributed by atoms with E-state index in [2.05, 4.69) is 62.3 Å². The van der Waals surface area contributed by atoms with Crippen molar-refractivity contribution < 1.29 is 4.74 Å². The van der Waals surface area contributed by atoms with Crippen molar-refractivity contribution in [3.05, 3.63) is 29.8 Å². The van der Waals surface area contributed by atoms with Crippen LogP contribution < -0.4 is 10.2 Å². The van der Waals surface area contributed by atoms with E-state index in [1.807, 2.05) is 7.05 Å². The minimum Gasteiger partial charge on any atom is -0.377 e. The molecule has 0 saturated carbocycles.